The summed E-state index contributed by atoms with van der Waals surface area (Å²) in [6, 6.07) is 4.88. The standard InChI is InChI=1S/C20H23F3N8/c1-12-9-13(2)31(28-12)19-11-18(26-15(4)27-19)30-7-5-29(6-8-30)17-10-16(20(21,22)23)24-14(3)25-17/h9-11H,5-8H2,1-4H3. The third-order valence-electron chi connectivity index (χ3n) is 5.08. The van der Waals surface area contributed by atoms with Crippen LogP contribution in [-0.2, 0) is 6.18 Å². The second-order valence-corrected chi connectivity index (χ2v) is 7.60. The van der Waals surface area contributed by atoms with Gasteiger partial charge in [0.25, 0.3) is 0 Å². The highest BCUT2D eigenvalue weighted by molar-refractivity contribution is 5.48. The van der Waals surface area contributed by atoms with Crippen molar-refractivity contribution >= 4 is 11.6 Å². The molecule has 164 valence electrons. The number of aromatic nitrogens is 6. The minimum absolute atomic E-state index is 0.105. The lowest BCUT2D eigenvalue weighted by Crippen LogP contribution is -2.47. The maximum atomic E-state index is 13.1. The number of piperazine rings is 1. The molecular weight excluding hydrogens is 409 g/mol. The Balaban J connectivity index is 1.53. The highest BCUT2D eigenvalue weighted by Crippen LogP contribution is 2.30. The predicted octanol–water partition coefficient (Wildman–Crippen LogP) is 3.03. The fourth-order valence-corrected chi connectivity index (χ4v) is 3.69. The Morgan fingerprint density at radius 3 is 1.74 bits per heavy atom. The number of aryl methyl sites for hydroxylation is 4. The van der Waals surface area contributed by atoms with E-state index in [0.717, 1.165) is 23.3 Å². The molecule has 0 aliphatic carbocycles. The Kier molecular flexibility index (Phi) is 5.28. The lowest BCUT2D eigenvalue weighted by molar-refractivity contribution is -0.141. The maximum Gasteiger partial charge on any atom is 0.433 e. The zero-order valence-electron chi connectivity index (χ0n) is 17.8. The zero-order valence-corrected chi connectivity index (χ0v) is 17.8. The number of anilines is 2. The molecule has 0 spiro atoms. The molecule has 0 amide bonds. The largest absolute Gasteiger partial charge is 0.433 e. The molecule has 0 unspecified atom stereocenters. The van der Waals surface area contributed by atoms with E-state index in [1.807, 2.05) is 37.8 Å². The van der Waals surface area contributed by atoms with Gasteiger partial charge in [-0.25, -0.2) is 24.6 Å². The van der Waals surface area contributed by atoms with Crippen LogP contribution in [0.3, 0.4) is 0 Å². The summed E-state index contributed by atoms with van der Waals surface area (Å²) in [5, 5.41) is 4.49. The summed E-state index contributed by atoms with van der Waals surface area (Å²) in [4.78, 5) is 20.7. The number of hydrogen-bond acceptors (Lipinski definition) is 7. The molecule has 4 heterocycles. The van der Waals surface area contributed by atoms with Crippen molar-refractivity contribution in [3.05, 3.63) is 46.9 Å². The summed E-state index contributed by atoms with van der Waals surface area (Å²) in [5.41, 5.74) is 0.964. The van der Waals surface area contributed by atoms with Crippen molar-refractivity contribution in [2.45, 2.75) is 33.9 Å². The normalized spacial score (nSPS) is 14.9. The van der Waals surface area contributed by atoms with Gasteiger partial charge in [-0.3, -0.25) is 0 Å². The third kappa shape index (κ3) is 4.44. The average molecular weight is 432 g/mol. The smallest absolute Gasteiger partial charge is 0.353 e. The minimum Gasteiger partial charge on any atom is -0.353 e. The quantitative estimate of drug-likeness (QED) is 0.630. The van der Waals surface area contributed by atoms with Crippen LogP contribution in [0, 0.1) is 27.7 Å². The molecule has 0 atom stereocenters. The van der Waals surface area contributed by atoms with Gasteiger partial charge in [-0.05, 0) is 33.8 Å². The first-order valence-corrected chi connectivity index (χ1v) is 9.92. The van der Waals surface area contributed by atoms with Crippen LogP contribution in [-0.4, -0.2) is 55.9 Å². The molecule has 1 saturated heterocycles. The van der Waals surface area contributed by atoms with E-state index in [-0.39, 0.29) is 5.82 Å². The Bertz CT molecular complexity index is 1100. The van der Waals surface area contributed by atoms with Gasteiger partial charge in [-0.15, -0.1) is 0 Å². The van der Waals surface area contributed by atoms with Crippen molar-refractivity contribution in [2.24, 2.45) is 0 Å². The van der Waals surface area contributed by atoms with Gasteiger partial charge >= 0.3 is 6.18 Å². The molecule has 31 heavy (non-hydrogen) atoms. The summed E-state index contributed by atoms with van der Waals surface area (Å²) in [5.74, 6) is 2.49. The third-order valence-corrected chi connectivity index (χ3v) is 5.08. The van der Waals surface area contributed by atoms with E-state index in [1.54, 1.807) is 4.68 Å². The van der Waals surface area contributed by atoms with Crippen molar-refractivity contribution in [3.63, 3.8) is 0 Å². The van der Waals surface area contributed by atoms with Crippen molar-refractivity contribution in [2.75, 3.05) is 36.0 Å². The van der Waals surface area contributed by atoms with E-state index in [0.29, 0.717) is 43.6 Å². The molecule has 11 heteroatoms. The van der Waals surface area contributed by atoms with Crippen LogP contribution in [0.15, 0.2) is 18.2 Å². The van der Waals surface area contributed by atoms with Crippen LogP contribution in [0.1, 0.15) is 28.7 Å². The monoisotopic (exact) mass is 432 g/mol. The molecule has 0 N–H and O–H groups in total. The Labute approximate surface area is 177 Å². The molecule has 1 aliphatic rings. The maximum absolute atomic E-state index is 13.1. The average Bonchev–Trinajstić information content (AvgIpc) is 3.04. The highest BCUT2D eigenvalue weighted by atomic mass is 19.4. The molecule has 0 bridgehead atoms. The minimum atomic E-state index is -4.50. The van der Waals surface area contributed by atoms with Gasteiger partial charge in [-0.1, -0.05) is 0 Å². The molecule has 8 nitrogen and oxygen atoms in total. The first kappa shape index (κ1) is 21.0. The lowest BCUT2D eigenvalue weighted by atomic mass is 10.2. The molecule has 4 rings (SSSR count). The SMILES string of the molecule is Cc1cc(C)n(-c2cc(N3CCN(c4cc(C(F)(F)F)nc(C)n4)CC3)nc(C)n2)n1. The van der Waals surface area contributed by atoms with Crippen LogP contribution in [0.5, 0.6) is 0 Å². The Morgan fingerprint density at radius 1 is 0.710 bits per heavy atom. The topological polar surface area (TPSA) is 75.9 Å². The number of halogens is 3. The first-order valence-electron chi connectivity index (χ1n) is 9.92. The van der Waals surface area contributed by atoms with E-state index in [1.165, 1.54) is 6.92 Å². The number of rotatable bonds is 3. The summed E-state index contributed by atoms with van der Waals surface area (Å²) in [6.45, 7) is 9.43. The van der Waals surface area contributed by atoms with Gasteiger partial charge in [-0.2, -0.15) is 18.3 Å². The number of nitrogens with zero attached hydrogens (tertiary/aromatic N) is 8. The number of alkyl halides is 3. The van der Waals surface area contributed by atoms with Gasteiger partial charge in [0.1, 0.15) is 29.0 Å². The molecule has 0 saturated carbocycles. The van der Waals surface area contributed by atoms with Gasteiger partial charge in [0, 0.05) is 44.0 Å². The molecule has 1 aliphatic heterocycles. The zero-order chi connectivity index (χ0) is 22.3. The predicted molar refractivity (Wildman–Crippen MR) is 110 cm³/mol. The van der Waals surface area contributed by atoms with Crippen LogP contribution in [0.2, 0.25) is 0 Å². The van der Waals surface area contributed by atoms with Crippen molar-refractivity contribution in [3.8, 4) is 5.82 Å². The summed E-state index contributed by atoms with van der Waals surface area (Å²) < 4.78 is 41.1. The molecular formula is C20H23F3N8. The van der Waals surface area contributed by atoms with Crippen LogP contribution < -0.4 is 9.80 Å². The van der Waals surface area contributed by atoms with Crippen molar-refractivity contribution < 1.29 is 13.2 Å². The lowest BCUT2D eigenvalue weighted by Gasteiger charge is -2.36. The molecule has 0 aromatic carbocycles. The molecule has 0 radical (unpaired) electrons. The fourth-order valence-electron chi connectivity index (χ4n) is 3.69. The summed E-state index contributed by atoms with van der Waals surface area (Å²) in [6.07, 6.45) is -4.50. The summed E-state index contributed by atoms with van der Waals surface area (Å²) in [7, 11) is 0. The van der Waals surface area contributed by atoms with Gasteiger partial charge in [0.2, 0.25) is 0 Å². The number of hydrogen-bond donors (Lipinski definition) is 0. The first-order chi connectivity index (χ1) is 14.6. The Morgan fingerprint density at radius 2 is 1.23 bits per heavy atom. The molecule has 3 aromatic rings. The van der Waals surface area contributed by atoms with Crippen molar-refractivity contribution in [1.82, 2.24) is 29.7 Å². The van der Waals surface area contributed by atoms with Crippen LogP contribution in [0.25, 0.3) is 5.82 Å². The van der Waals surface area contributed by atoms with E-state index < -0.39 is 11.9 Å². The van der Waals surface area contributed by atoms with E-state index in [4.69, 9.17) is 0 Å². The van der Waals surface area contributed by atoms with Crippen LogP contribution in [0.4, 0.5) is 24.8 Å². The second-order valence-electron chi connectivity index (χ2n) is 7.60. The summed E-state index contributed by atoms with van der Waals surface area (Å²) >= 11 is 0. The second kappa shape index (κ2) is 7.78. The molecule has 3 aromatic heterocycles. The van der Waals surface area contributed by atoms with Gasteiger partial charge < -0.3 is 9.80 Å². The Hall–Kier alpha value is -3.24. The van der Waals surface area contributed by atoms with Gasteiger partial charge in [0.05, 0.1) is 5.69 Å². The van der Waals surface area contributed by atoms with Crippen LogP contribution >= 0.6 is 0 Å². The van der Waals surface area contributed by atoms with E-state index in [9.17, 15) is 13.2 Å². The van der Waals surface area contributed by atoms with Gasteiger partial charge in [0.15, 0.2) is 5.82 Å². The molecule has 1 fully saturated rings. The van der Waals surface area contributed by atoms with E-state index >= 15 is 0 Å². The van der Waals surface area contributed by atoms with E-state index in [2.05, 4.69) is 29.9 Å². The van der Waals surface area contributed by atoms with Crippen molar-refractivity contribution in [1.29, 1.82) is 0 Å². The fraction of sp³-hybridized carbons (Fsp3) is 0.450. The highest BCUT2D eigenvalue weighted by Gasteiger charge is 2.34.